The van der Waals surface area contributed by atoms with Crippen LogP contribution in [0.25, 0.3) is 0 Å². The number of hydrogen-bond acceptors (Lipinski definition) is 3. The van der Waals surface area contributed by atoms with Crippen LogP contribution in [0.1, 0.15) is 20.3 Å². The molecule has 1 saturated heterocycles. The van der Waals surface area contributed by atoms with Crippen LogP contribution in [-0.2, 0) is 14.3 Å². The SMILES string of the molecule is CCC1(C=C(C)C(=O)OC)COC1. The molecule has 0 aromatic heterocycles. The fourth-order valence-corrected chi connectivity index (χ4v) is 1.43. The molecule has 0 N–H and O–H groups in total. The van der Waals surface area contributed by atoms with Gasteiger partial charge in [0.15, 0.2) is 0 Å². The van der Waals surface area contributed by atoms with Crippen molar-refractivity contribution in [2.24, 2.45) is 5.41 Å². The Morgan fingerprint density at radius 2 is 2.23 bits per heavy atom. The monoisotopic (exact) mass is 184 g/mol. The fourth-order valence-electron chi connectivity index (χ4n) is 1.43. The van der Waals surface area contributed by atoms with Gasteiger partial charge in [-0.1, -0.05) is 13.0 Å². The third-order valence-electron chi connectivity index (χ3n) is 2.51. The largest absolute Gasteiger partial charge is 0.466 e. The molecule has 0 aromatic rings. The van der Waals surface area contributed by atoms with Crippen LogP contribution in [0.5, 0.6) is 0 Å². The van der Waals surface area contributed by atoms with Crippen molar-refractivity contribution in [3.05, 3.63) is 11.6 Å². The summed E-state index contributed by atoms with van der Waals surface area (Å²) in [5.74, 6) is -0.250. The Morgan fingerprint density at radius 1 is 1.62 bits per heavy atom. The minimum absolute atomic E-state index is 0.0816. The van der Waals surface area contributed by atoms with Crippen LogP contribution in [0.3, 0.4) is 0 Å². The van der Waals surface area contributed by atoms with Crippen LogP contribution >= 0.6 is 0 Å². The summed E-state index contributed by atoms with van der Waals surface area (Å²) in [5, 5.41) is 0. The fraction of sp³-hybridized carbons (Fsp3) is 0.700. The molecule has 1 rings (SSSR count). The number of ether oxygens (including phenoxy) is 2. The minimum atomic E-state index is -0.250. The second-order valence-electron chi connectivity index (χ2n) is 3.53. The average molecular weight is 184 g/mol. The number of hydrogen-bond donors (Lipinski definition) is 0. The maximum Gasteiger partial charge on any atom is 0.333 e. The first-order valence-corrected chi connectivity index (χ1v) is 4.49. The normalized spacial score (nSPS) is 20.7. The van der Waals surface area contributed by atoms with Gasteiger partial charge in [0.1, 0.15) is 0 Å². The van der Waals surface area contributed by atoms with Crippen molar-refractivity contribution in [1.29, 1.82) is 0 Å². The van der Waals surface area contributed by atoms with Gasteiger partial charge in [0.2, 0.25) is 0 Å². The Labute approximate surface area is 78.7 Å². The van der Waals surface area contributed by atoms with Gasteiger partial charge in [-0.15, -0.1) is 0 Å². The number of methoxy groups -OCH3 is 1. The lowest BCUT2D eigenvalue weighted by Gasteiger charge is -2.38. The highest BCUT2D eigenvalue weighted by Crippen LogP contribution is 2.33. The standard InChI is InChI=1S/C10H16O3/c1-4-10(6-13-7-10)5-8(2)9(11)12-3/h5H,4,6-7H2,1-3H3. The summed E-state index contributed by atoms with van der Waals surface area (Å²) in [6.07, 6.45) is 2.98. The zero-order chi connectivity index (χ0) is 9.90. The predicted molar refractivity (Wildman–Crippen MR) is 49.3 cm³/mol. The molecule has 1 fully saturated rings. The first-order chi connectivity index (χ1) is 6.13. The summed E-state index contributed by atoms with van der Waals surface area (Å²) in [4.78, 5) is 11.1. The molecule has 0 amide bonds. The second-order valence-corrected chi connectivity index (χ2v) is 3.53. The van der Waals surface area contributed by atoms with Gasteiger partial charge in [0.25, 0.3) is 0 Å². The summed E-state index contributed by atoms with van der Waals surface area (Å²) < 4.78 is 9.77. The quantitative estimate of drug-likeness (QED) is 0.493. The smallest absolute Gasteiger partial charge is 0.333 e. The van der Waals surface area contributed by atoms with Crippen molar-refractivity contribution < 1.29 is 14.3 Å². The van der Waals surface area contributed by atoms with Gasteiger partial charge in [0.05, 0.1) is 20.3 Å². The molecule has 0 bridgehead atoms. The van der Waals surface area contributed by atoms with E-state index >= 15 is 0 Å². The lowest BCUT2D eigenvalue weighted by molar-refractivity contribution is -0.136. The van der Waals surface area contributed by atoms with E-state index < -0.39 is 0 Å². The van der Waals surface area contributed by atoms with Crippen LogP contribution in [0.4, 0.5) is 0 Å². The molecule has 0 aliphatic carbocycles. The van der Waals surface area contributed by atoms with Crippen LogP contribution in [-0.4, -0.2) is 26.3 Å². The maximum atomic E-state index is 11.1. The maximum absolute atomic E-state index is 11.1. The number of rotatable bonds is 3. The van der Waals surface area contributed by atoms with Gasteiger partial charge < -0.3 is 9.47 Å². The summed E-state index contributed by atoms with van der Waals surface area (Å²) in [5.41, 5.74) is 0.755. The number of carbonyl (C=O) groups excluding carboxylic acids is 1. The molecular weight excluding hydrogens is 168 g/mol. The van der Waals surface area contributed by atoms with Gasteiger partial charge in [0, 0.05) is 11.0 Å². The Hall–Kier alpha value is -0.830. The lowest BCUT2D eigenvalue weighted by atomic mass is 9.81. The van der Waals surface area contributed by atoms with Gasteiger partial charge in [-0.3, -0.25) is 0 Å². The molecule has 0 radical (unpaired) electrons. The summed E-state index contributed by atoms with van der Waals surface area (Å²) in [6.45, 7) is 5.32. The van der Waals surface area contributed by atoms with E-state index in [2.05, 4.69) is 11.7 Å². The third kappa shape index (κ3) is 2.10. The molecule has 0 unspecified atom stereocenters. The van der Waals surface area contributed by atoms with Crippen molar-refractivity contribution in [2.45, 2.75) is 20.3 Å². The van der Waals surface area contributed by atoms with Crippen LogP contribution < -0.4 is 0 Å². The molecule has 0 saturated carbocycles. The molecule has 13 heavy (non-hydrogen) atoms. The highest BCUT2D eigenvalue weighted by atomic mass is 16.5. The van der Waals surface area contributed by atoms with E-state index in [0.29, 0.717) is 5.57 Å². The third-order valence-corrected chi connectivity index (χ3v) is 2.51. The van der Waals surface area contributed by atoms with Crippen LogP contribution in [0, 0.1) is 5.41 Å². The minimum Gasteiger partial charge on any atom is -0.466 e. The van der Waals surface area contributed by atoms with E-state index in [-0.39, 0.29) is 11.4 Å². The highest BCUT2D eigenvalue weighted by molar-refractivity contribution is 5.87. The molecule has 74 valence electrons. The van der Waals surface area contributed by atoms with E-state index in [1.807, 2.05) is 6.08 Å². The second kappa shape index (κ2) is 3.92. The van der Waals surface area contributed by atoms with Crippen LogP contribution in [0.2, 0.25) is 0 Å². The molecule has 1 heterocycles. The summed E-state index contributed by atoms with van der Waals surface area (Å²) >= 11 is 0. The average Bonchev–Trinajstić information content (AvgIpc) is 2.09. The predicted octanol–water partition coefficient (Wildman–Crippen LogP) is 1.53. The van der Waals surface area contributed by atoms with E-state index in [4.69, 9.17) is 4.74 Å². The molecule has 1 aliphatic heterocycles. The Balaban J connectivity index is 2.67. The van der Waals surface area contributed by atoms with Crippen molar-refractivity contribution in [1.82, 2.24) is 0 Å². The number of carbonyl (C=O) groups is 1. The van der Waals surface area contributed by atoms with Gasteiger partial charge in [-0.2, -0.15) is 0 Å². The molecule has 0 atom stereocenters. The first-order valence-electron chi connectivity index (χ1n) is 4.49. The number of esters is 1. The van der Waals surface area contributed by atoms with Crippen molar-refractivity contribution >= 4 is 5.97 Å². The molecule has 3 nitrogen and oxygen atoms in total. The molecule has 1 aliphatic rings. The van der Waals surface area contributed by atoms with Crippen molar-refractivity contribution in [3.8, 4) is 0 Å². The molecule has 0 spiro atoms. The molecular formula is C10H16O3. The van der Waals surface area contributed by atoms with E-state index in [0.717, 1.165) is 19.6 Å². The lowest BCUT2D eigenvalue weighted by Crippen LogP contribution is -2.40. The first kappa shape index (κ1) is 10.3. The van der Waals surface area contributed by atoms with Gasteiger partial charge in [-0.25, -0.2) is 4.79 Å². The molecule has 0 aromatic carbocycles. The Bertz CT molecular complexity index is 221. The Morgan fingerprint density at radius 3 is 2.54 bits per heavy atom. The highest BCUT2D eigenvalue weighted by Gasteiger charge is 2.35. The van der Waals surface area contributed by atoms with Gasteiger partial charge in [-0.05, 0) is 13.3 Å². The topological polar surface area (TPSA) is 35.5 Å². The molecule has 3 heteroatoms. The Kier molecular flexibility index (Phi) is 3.09. The van der Waals surface area contributed by atoms with Crippen molar-refractivity contribution in [2.75, 3.05) is 20.3 Å². The zero-order valence-corrected chi connectivity index (χ0v) is 8.42. The van der Waals surface area contributed by atoms with E-state index in [9.17, 15) is 4.79 Å². The van der Waals surface area contributed by atoms with Gasteiger partial charge >= 0.3 is 5.97 Å². The van der Waals surface area contributed by atoms with E-state index in [1.165, 1.54) is 7.11 Å². The summed E-state index contributed by atoms with van der Waals surface area (Å²) in [6, 6.07) is 0. The zero-order valence-electron chi connectivity index (χ0n) is 8.42. The summed E-state index contributed by atoms with van der Waals surface area (Å²) in [7, 11) is 1.40. The van der Waals surface area contributed by atoms with E-state index in [1.54, 1.807) is 6.92 Å². The van der Waals surface area contributed by atoms with Crippen molar-refractivity contribution in [3.63, 3.8) is 0 Å². The van der Waals surface area contributed by atoms with Crippen LogP contribution in [0.15, 0.2) is 11.6 Å².